The van der Waals surface area contributed by atoms with Crippen molar-refractivity contribution in [3.05, 3.63) is 65.5 Å². The summed E-state index contributed by atoms with van der Waals surface area (Å²) in [5.74, 6) is 0.249. The van der Waals surface area contributed by atoms with Crippen molar-refractivity contribution in [2.24, 2.45) is 0 Å². The molecule has 0 bridgehead atoms. The minimum Gasteiger partial charge on any atom is -0.476 e. The van der Waals surface area contributed by atoms with Gasteiger partial charge >= 0.3 is 6.18 Å². The van der Waals surface area contributed by atoms with Gasteiger partial charge in [0, 0.05) is 36.1 Å². The Morgan fingerprint density at radius 1 is 1.22 bits per heavy atom. The summed E-state index contributed by atoms with van der Waals surface area (Å²) in [6.07, 6.45) is -1.57. The quantitative estimate of drug-likeness (QED) is 0.337. The van der Waals surface area contributed by atoms with Crippen molar-refractivity contribution in [3.8, 4) is 17.0 Å². The highest BCUT2D eigenvalue weighted by atomic mass is 19.4. The summed E-state index contributed by atoms with van der Waals surface area (Å²) in [4.78, 5) is 20.5. The summed E-state index contributed by atoms with van der Waals surface area (Å²) < 4.78 is 45.0. The number of aliphatic hydroxyl groups excluding tert-OH is 1. The number of nitrogens with zero attached hydrogens (tertiary/aromatic N) is 2. The second-order valence-electron chi connectivity index (χ2n) is 8.75. The summed E-state index contributed by atoms with van der Waals surface area (Å²) in [6.45, 7) is 3.57. The topological polar surface area (TPSA) is 108 Å². The SMILES string of the molecule is Cc1ccc(NC(=O)c2ccnc(C(F)(F)F)c2)cc1-c1cc(NCCO)nc(OC[C@@H]2CCCN2)c1. The summed E-state index contributed by atoms with van der Waals surface area (Å²) in [6, 6.07) is 11.0. The van der Waals surface area contributed by atoms with Crippen molar-refractivity contribution >= 4 is 17.4 Å². The summed E-state index contributed by atoms with van der Waals surface area (Å²) in [5, 5.41) is 18.3. The Morgan fingerprint density at radius 2 is 2.05 bits per heavy atom. The van der Waals surface area contributed by atoms with Crippen LogP contribution in [0.15, 0.2) is 48.7 Å². The molecule has 37 heavy (non-hydrogen) atoms. The summed E-state index contributed by atoms with van der Waals surface area (Å²) in [7, 11) is 0. The van der Waals surface area contributed by atoms with E-state index < -0.39 is 17.8 Å². The molecule has 1 aromatic carbocycles. The third-order valence-corrected chi connectivity index (χ3v) is 5.93. The molecule has 1 amide bonds. The van der Waals surface area contributed by atoms with Gasteiger partial charge in [0.25, 0.3) is 5.91 Å². The number of carbonyl (C=O) groups is 1. The van der Waals surface area contributed by atoms with Gasteiger partial charge in [0.15, 0.2) is 0 Å². The lowest BCUT2D eigenvalue weighted by molar-refractivity contribution is -0.141. The summed E-state index contributed by atoms with van der Waals surface area (Å²) >= 11 is 0. The van der Waals surface area contributed by atoms with Crippen molar-refractivity contribution in [2.45, 2.75) is 32.0 Å². The van der Waals surface area contributed by atoms with E-state index in [1.807, 2.05) is 19.1 Å². The number of carbonyl (C=O) groups excluding carboxylic acids is 1. The lowest BCUT2D eigenvalue weighted by Crippen LogP contribution is -2.28. The number of aryl methyl sites for hydroxylation is 1. The largest absolute Gasteiger partial charge is 0.476 e. The molecule has 0 radical (unpaired) electrons. The van der Waals surface area contributed by atoms with Gasteiger partial charge in [-0.2, -0.15) is 18.2 Å². The standard InChI is InChI=1S/C26H28F3N5O3/c1-16-4-5-19(33-25(36)17-6-8-31-22(11-17)26(27,28)29)14-21(16)18-12-23(32-9-10-35)34-24(13-18)37-15-20-3-2-7-30-20/h4-6,8,11-14,20,30,35H,2-3,7,9-10,15H2,1H3,(H,32,34)(H,33,36)/t20-/m0/s1. The van der Waals surface area contributed by atoms with Crippen LogP contribution in [0.25, 0.3) is 11.1 Å². The van der Waals surface area contributed by atoms with Crippen LogP contribution in [0.1, 0.15) is 34.5 Å². The molecule has 1 aliphatic rings. The molecule has 3 aromatic rings. The van der Waals surface area contributed by atoms with Crippen LogP contribution in [0.2, 0.25) is 0 Å². The molecule has 1 saturated heterocycles. The first-order valence-corrected chi connectivity index (χ1v) is 11.9. The number of hydrogen-bond donors (Lipinski definition) is 4. The first kappa shape index (κ1) is 26.4. The zero-order chi connectivity index (χ0) is 26.4. The van der Waals surface area contributed by atoms with Crippen LogP contribution in [-0.2, 0) is 6.18 Å². The van der Waals surface area contributed by atoms with Crippen molar-refractivity contribution in [1.82, 2.24) is 15.3 Å². The number of amides is 1. The molecule has 3 heterocycles. The Morgan fingerprint density at radius 3 is 2.78 bits per heavy atom. The number of anilines is 2. The number of aromatic nitrogens is 2. The smallest absolute Gasteiger partial charge is 0.433 e. The van der Waals surface area contributed by atoms with Crippen molar-refractivity contribution in [1.29, 1.82) is 0 Å². The van der Waals surface area contributed by atoms with Crippen LogP contribution < -0.4 is 20.7 Å². The monoisotopic (exact) mass is 515 g/mol. The molecule has 2 aromatic heterocycles. The van der Waals surface area contributed by atoms with Gasteiger partial charge in [-0.15, -0.1) is 0 Å². The number of pyridine rings is 2. The van der Waals surface area contributed by atoms with Crippen molar-refractivity contribution in [2.75, 3.05) is 36.9 Å². The number of nitrogens with one attached hydrogen (secondary N) is 3. The molecule has 11 heteroatoms. The zero-order valence-electron chi connectivity index (χ0n) is 20.2. The highest BCUT2D eigenvalue weighted by Gasteiger charge is 2.33. The molecule has 196 valence electrons. The molecule has 1 atom stereocenters. The van der Waals surface area contributed by atoms with Gasteiger partial charge in [0.2, 0.25) is 5.88 Å². The van der Waals surface area contributed by atoms with Crippen LogP contribution in [-0.4, -0.2) is 53.3 Å². The van der Waals surface area contributed by atoms with Gasteiger partial charge in [-0.25, -0.2) is 0 Å². The molecule has 0 spiro atoms. The van der Waals surface area contributed by atoms with E-state index in [-0.39, 0.29) is 18.2 Å². The highest BCUT2D eigenvalue weighted by Crippen LogP contribution is 2.32. The lowest BCUT2D eigenvalue weighted by Gasteiger charge is -2.16. The van der Waals surface area contributed by atoms with Crippen LogP contribution in [0.4, 0.5) is 24.7 Å². The molecule has 4 rings (SSSR count). The van der Waals surface area contributed by atoms with Crippen molar-refractivity contribution < 1.29 is 27.8 Å². The Kier molecular flexibility index (Phi) is 8.24. The predicted molar refractivity (Wildman–Crippen MR) is 134 cm³/mol. The third-order valence-electron chi connectivity index (χ3n) is 5.93. The van der Waals surface area contributed by atoms with E-state index in [4.69, 9.17) is 4.74 Å². The predicted octanol–water partition coefficient (Wildman–Crippen LogP) is 4.26. The molecular formula is C26H28F3N5O3. The maximum Gasteiger partial charge on any atom is 0.433 e. The number of halogens is 3. The Balaban J connectivity index is 1.59. The van der Waals surface area contributed by atoms with Gasteiger partial charge in [0.1, 0.15) is 18.1 Å². The molecule has 1 fully saturated rings. The van der Waals surface area contributed by atoms with Gasteiger partial charge < -0.3 is 25.8 Å². The summed E-state index contributed by atoms with van der Waals surface area (Å²) in [5.41, 5.74) is 1.58. The van der Waals surface area contributed by atoms with Gasteiger partial charge in [-0.05, 0) is 73.3 Å². The minimum absolute atomic E-state index is 0.0697. The number of hydrogen-bond acceptors (Lipinski definition) is 7. The van der Waals surface area contributed by atoms with E-state index in [1.54, 1.807) is 18.2 Å². The number of alkyl halides is 3. The molecule has 0 saturated carbocycles. The molecule has 8 nitrogen and oxygen atoms in total. The van der Waals surface area contributed by atoms with Gasteiger partial charge in [0.05, 0.1) is 6.61 Å². The third kappa shape index (κ3) is 6.95. The average Bonchev–Trinajstić information content (AvgIpc) is 3.40. The molecule has 0 unspecified atom stereocenters. The highest BCUT2D eigenvalue weighted by molar-refractivity contribution is 6.04. The lowest BCUT2D eigenvalue weighted by atomic mass is 10.00. The molecular weight excluding hydrogens is 487 g/mol. The second-order valence-corrected chi connectivity index (χ2v) is 8.75. The van der Waals surface area contributed by atoms with E-state index >= 15 is 0 Å². The van der Waals surface area contributed by atoms with E-state index in [9.17, 15) is 23.1 Å². The Labute approximate surface area is 212 Å². The normalized spacial score (nSPS) is 15.4. The van der Waals surface area contributed by atoms with Crippen molar-refractivity contribution in [3.63, 3.8) is 0 Å². The number of ether oxygens (including phenoxy) is 1. The Bertz CT molecular complexity index is 1250. The maximum absolute atomic E-state index is 13.0. The fourth-order valence-corrected chi connectivity index (χ4v) is 4.03. The van der Waals surface area contributed by atoms with E-state index in [2.05, 4.69) is 25.9 Å². The molecule has 1 aliphatic heterocycles. The van der Waals surface area contributed by atoms with Gasteiger partial charge in [-0.3, -0.25) is 9.78 Å². The fraction of sp³-hybridized carbons (Fsp3) is 0.346. The first-order chi connectivity index (χ1) is 17.7. The zero-order valence-corrected chi connectivity index (χ0v) is 20.2. The van der Waals surface area contributed by atoms with Crippen LogP contribution in [0.3, 0.4) is 0 Å². The van der Waals surface area contributed by atoms with Crippen LogP contribution >= 0.6 is 0 Å². The van der Waals surface area contributed by atoms with E-state index in [0.717, 1.165) is 48.3 Å². The van der Waals surface area contributed by atoms with Crippen LogP contribution in [0.5, 0.6) is 5.88 Å². The second kappa shape index (κ2) is 11.6. The van der Waals surface area contributed by atoms with E-state index in [1.165, 1.54) is 6.07 Å². The average molecular weight is 516 g/mol. The number of aliphatic hydroxyl groups is 1. The minimum atomic E-state index is -4.65. The number of rotatable bonds is 9. The first-order valence-electron chi connectivity index (χ1n) is 11.9. The Hall–Kier alpha value is -3.70. The fourth-order valence-electron chi connectivity index (χ4n) is 4.03. The maximum atomic E-state index is 13.0. The van der Waals surface area contributed by atoms with Gasteiger partial charge in [-0.1, -0.05) is 6.07 Å². The van der Waals surface area contributed by atoms with E-state index in [0.29, 0.717) is 30.5 Å². The number of benzene rings is 1. The van der Waals surface area contributed by atoms with Crippen LogP contribution in [0, 0.1) is 6.92 Å². The molecule has 4 N–H and O–H groups in total. The molecule has 0 aliphatic carbocycles.